The average molecular weight is 304 g/mol. The zero-order valence-electron chi connectivity index (χ0n) is 13.5. The van der Waals surface area contributed by atoms with Crippen LogP contribution in [0.2, 0.25) is 0 Å². The van der Waals surface area contributed by atoms with Gasteiger partial charge in [-0.1, -0.05) is 24.3 Å². The fourth-order valence-electron chi connectivity index (χ4n) is 3.41. The molecule has 1 aliphatic heterocycles. The van der Waals surface area contributed by atoms with Crippen molar-refractivity contribution in [2.75, 3.05) is 18.6 Å². The topological polar surface area (TPSA) is 25.4 Å². The molecule has 0 atom stereocenters. The minimum Gasteiger partial charge on any atom is -0.497 e. The summed E-state index contributed by atoms with van der Waals surface area (Å²) in [6.07, 6.45) is 1.09. The highest BCUT2D eigenvalue weighted by Crippen LogP contribution is 2.33. The Balaban J connectivity index is 1.82. The second-order valence-electron chi connectivity index (χ2n) is 6.11. The van der Waals surface area contributed by atoms with Gasteiger partial charge in [-0.3, -0.25) is 4.98 Å². The molecule has 116 valence electrons. The molecule has 2 aromatic carbocycles. The molecular formula is C20H20N2O. The molecular weight excluding hydrogens is 284 g/mol. The minimum absolute atomic E-state index is 0.877. The Morgan fingerprint density at radius 2 is 1.87 bits per heavy atom. The molecule has 0 saturated carbocycles. The lowest BCUT2D eigenvalue weighted by Gasteiger charge is -2.31. The number of hydrogen-bond donors (Lipinski definition) is 0. The number of aromatic nitrogens is 1. The highest BCUT2D eigenvalue weighted by atomic mass is 16.5. The summed E-state index contributed by atoms with van der Waals surface area (Å²) >= 11 is 0. The summed E-state index contributed by atoms with van der Waals surface area (Å²) in [6, 6.07) is 17.0. The first kappa shape index (κ1) is 14.1. The molecule has 3 aromatic rings. The van der Waals surface area contributed by atoms with Crippen LogP contribution < -0.4 is 9.64 Å². The zero-order chi connectivity index (χ0) is 15.8. The van der Waals surface area contributed by atoms with Crippen LogP contribution in [0.4, 0.5) is 5.69 Å². The first-order valence-corrected chi connectivity index (χ1v) is 8.02. The molecule has 0 amide bonds. The average Bonchev–Trinajstić information content (AvgIpc) is 2.60. The van der Waals surface area contributed by atoms with Gasteiger partial charge in [0.25, 0.3) is 0 Å². The van der Waals surface area contributed by atoms with Gasteiger partial charge in [-0.15, -0.1) is 0 Å². The fourth-order valence-corrected chi connectivity index (χ4v) is 3.41. The molecule has 0 spiro atoms. The van der Waals surface area contributed by atoms with E-state index in [1.165, 1.54) is 16.8 Å². The molecule has 1 aliphatic rings. The molecule has 0 aliphatic carbocycles. The van der Waals surface area contributed by atoms with E-state index in [0.29, 0.717) is 0 Å². The van der Waals surface area contributed by atoms with Crippen molar-refractivity contribution in [2.24, 2.45) is 0 Å². The number of pyridine rings is 1. The van der Waals surface area contributed by atoms with Gasteiger partial charge in [0, 0.05) is 29.9 Å². The highest BCUT2D eigenvalue weighted by molar-refractivity contribution is 5.93. The maximum Gasteiger partial charge on any atom is 0.119 e. The molecule has 0 radical (unpaired) electrons. The first-order chi connectivity index (χ1) is 11.2. The largest absolute Gasteiger partial charge is 0.497 e. The van der Waals surface area contributed by atoms with Crippen molar-refractivity contribution in [2.45, 2.75) is 19.9 Å². The summed E-state index contributed by atoms with van der Waals surface area (Å²) in [5.74, 6) is 0.877. The third-order valence-corrected chi connectivity index (χ3v) is 4.59. The Morgan fingerprint density at radius 1 is 1.04 bits per heavy atom. The lowest BCUT2D eigenvalue weighted by molar-refractivity contribution is 0.415. The number of aryl methyl sites for hydroxylation is 1. The number of rotatable bonds is 2. The Hall–Kier alpha value is -2.55. The van der Waals surface area contributed by atoms with Gasteiger partial charge in [0.1, 0.15) is 5.75 Å². The summed E-state index contributed by atoms with van der Waals surface area (Å²) in [4.78, 5) is 7.13. The smallest absolute Gasteiger partial charge is 0.119 e. The van der Waals surface area contributed by atoms with Gasteiger partial charge in [-0.2, -0.15) is 0 Å². The van der Waals surface area contributed by atoms with Gasteiger partial charge in [0.15, 0.2) is 0 Å². The van der Waals surface area contributed by atoms with Crippen molar-refractivity contribution in [1.82, 2.24) is 4.98 Å². The molecule has 0 saturated heterocycles. The van der Waals surface area contributed by atoms with Crippen LogP contribution in [0.15, 0.2) is 48.5 Å². The monoisotopic (exact) mass is 304 g/mol. The molecule has 0 N–H and O–H groups in total. The summed E-state index contributed by atoms with van der Waals surface area (Å²) in [7, 11) is 1.71. The van der Waals surface area contributed by atoms with Crippen LogP contribution in [0, 0.1) is 6.92 Å². The van der Waals surface area contributed by atoms with Gasteiger partial charge in [0.2, 0.25) is 0 Å². The van der Waals surface area contributed by atoms with Crippen LogP contribution in [0.25, 0.3) is 10.9 Å². The van der Waals surface area contributed by atoms with Gasteiger partial charge in [0.05, 0.1) is 12.6 Å². The van der Waals surface area contributed by atoms with Crippen LogP contribution in [0.5, 0.6) is 5.75 Å². The number of hydrogen-bond acceptors (Lipinski definition) is 3. The van der Waals surface area contributed by atoms with E-state index in [-0.39, 0.29) is 0 Å². The minimum atomic E-state index is 0.877. The van der Waals surface area contributed by atoms with Gasteiger partial charge in [-0.05, 0) is 48.7 Å². The Bertz CT molecular complexity index is 873. The van der Waals surface area contributed by atoms with Crippen LogP contribution in [-0.4, -0.2) is 18.6 Å². The molecule has 23 heavy (non-hydrogen) atoms. The number of anilines is 1. The normalized spacial score (nSPS) is 13.9. The van der Waals surface area contributed by atoms with Crippen molar-refractivity contribution >= 4 is 16.6 Å². The number of methoxy groups -OCH3 is 1. The van der Waals surface area contributed by atoms with Crippen molar-refractivity contribution in [3.63, 3.8) is 0 Å². The molecule has 4 rings (SSSR count). The highest BCUT2D eigenvalue weighted by Gasteiger charge is 2.18. The van der Waals surface area contributed by atoms with Crippen LogP contribution in [0.1, 0.15) is 16.8 Å². The zero-order valence-corrected chi connectivity index (χ0v) is 13.5. The van der Waals surface area contributed by atoms with Crippen LogP contribution in [0.3, 0.4) is 0 Å². The molecule has 0 bridgehead atoms. The van der Waals surface area contributed by atoms with Gasteiger partial charge >= 0.3 is 0 Å². The maximum absolute atomic E-state index is 5.40. The summed E-state index contributed by atoms with van der Waals surface area (Å²) in [5.41, 5.74) is 6.22. The SMILES string of the molecule is COc1ccc2nc(C)cc(N3CCc4ccccc4C3)c2c1. The van der Waals surface area contributed by atoms with Crippen molar-refractivity contribution in [3.8, 4) is 5.75 Å². The second-order valence-corrected chi connectivity index (χ2v) is 6.11. The first-order valence-electron chi connectivity index (χ1n) is 8.02. The molecule has 3 heteroatoms. The Kier molecular flexibility index (Phi) is 3.41. The predicted octanol–water partition coefficient (Wildman–Crippen LogP) is 4.11. The molecule has 0 fully saturated rings. The second kappa shape index (κ2) is 5.58. The predicted molar refractivity (Wildman–Crippen MR) is 94.2 cm³/mol. The quantitative estimate of drug-likeness (QED) is 0.712. The van der Waals surface area contributed by atoms with E-state index in [1.807, 2.05) is 12.1 Å². The van der Waals surface area contributed by atoms with E-state index < -0.39 is 0 Å². The fraction of sp³-hybridized carbons (Fsp3) is 0.250. The third-order valence-electron chi connectivity index (χ3n) is 4.59. The van der Waals surface area contributed by atoms with Gasteiger partial charge in [-0.25, -0.2) is 0 Å². The van der Waals surface area contributed by atoms with E-state index in [0.717, 1.165) is 41.9 Å². The molecule has 3 nitrogen and oxygen atoms in total. The number of nitrogens with zero attached hydrogens (tertiary/aromatic N) is 2. The molecule has 0 unspecified atom stereocenters. The van der Waals surface area contributed by atoms with Crippen molar-refractivity contribution < 1.29 is 4.74 Å². The number of ether oxygens (including phenoxy) is 1. The van der Waals surface area contributed by atoms with Crippen LogP contribution >= 0.6 is 0 Å². The lowest BCUT2D eigenvalue weighted by atomic mass is 9.99. The number of benzene rings is 2. The Morgan fingerprint density at radius 3 is 2.70 bits per heavy atom. The molecule has 2 heterocycles. The van der Waals surface area contributed by atoms with Gasteiger partial charge < -0.3 is 9.64 Å². The third kappa shape index (κ3) is 2.52. The Labute approximate surface area is 136 Å². The van der Waals surface area contributed by atoms with Crippen molar-refractivity contribution in [1.29, 1.82) is 0 Å². The summed E-state index contributed by atoms with van der Waals surface area (Å²) in [5, 5.41) is 1.16. The van der Waals surface area contributed by atoms with E-state index in [9.17, 15) is 0 Å². The van der Waals surface area contributed by atoms with Crippen LogP contribution in [-0.2, 0) is 13.0 Å². The lowest BCUT2D eigenvalue weighted by Crippen LogP contribution is -2.30. The molecule has 1 aromatic heterocycles. The van der Waals surface area contributed by atoms with Crippen molar-refractivity contribution in [3.05, 3.63) is 65.4 Å². The van der Waals surface area contributed by atoms with E-state index in [4.69, 9.17) is 4.74 Å². The number of fused-ring (bicyclic) bond motifs is 2. The standard InChI is InChI=1S/C20H20N2O/c1-14-11-20(18-12-17(23-2)7-8-19(18)21-14)22-10-9-15-5-3-4-6-16(15)13-22/h3-8,11-12H,9-10,13H2,1-2H3. The summed E-state index contributed by atoms with van der Waals surface area (Å²) in [6.45, 7) is 4.05. The van der Waals surface area contributed by atoms with E-state index >= 15 is 0 Å². The van der Waals surface area contributed by atoms with E-state index in [2.05, 4.69) is 53.2 Å². The maximum atomic E-state index is 5.40. The summed E-state index contributed by atoms with van der Waals surface area (Å²) < 4.78 is 5.40. The van der Waals surface area contributed by atoms with E-state index in [1.54, 1.807) is 7.11 Å².